The van der Waals surface area contributed by atoms with Crippen LogP contribution in [-0.4, -0.2) is 30.0 Å². The first kappa shape index (κ1) is 15.0. The van der Waals surface area contributed by atoms with Gasteiger partial charge in [-0.15, -0.1) is 0 Å². The summed E-state index contributed by atoms with van der Waals surface area (Å²) in [5, 5.41) is 0. The molecule has 1 heterocycles. The molecule has 0 aliphatic carbocycles. The predicted octanol–water partition coefficient (Wildman–Crippen LogP) is 2.04. The Balaban J connectivity index is 1.69. The first-order valence-corrected chi connectivity index (χ1v) is 7.16. The number of nitrogens with zero attached hydrogens (tertiary/aromatic N) is 1. The van der Waals surface area contributed by atoms with E-state index in [9.17, 15) is 4.79 Å². The quantitative estimate of drug-likeness (QED) is 0.637. The number of piperidine rings is 1. The largest absolute Gasteiger partial charge is 0.344 e. The smallest absolute Gasteiger partial charge is 0.343 e. The fraction of sp³-hybridized carbons (Fsp3) is 0.533. The van der Waals surface area contributed by atoms with Gasteiger partial charge in [-0.1, -0.05) is 43.7 Å². The van der Waals surface area contributed by atoms with Gasteiger partial charge in [-0.2, -0.15) is 0 Å². The highest BCUT2D eigenvalue weighted by Gasteiger charge is 2.29. The Morgan fingerprint density at radius 2 is 2.15 bits per heavy atom. The van der Waals surface area contributed by atoms with E-state index in [0.29, 0.717) is 6.61 Å². The van der Waals surface area contributed by atoms with E-state index in [2.05, 4.69) is 17.5 Å². The Bertz CT molecular complexity index is 411. The van der Waals surface area contributed by atoms with E-state index < -0.39 is 0 Å². The van der Waals surface area contributed by atoms with Crippen molar-refractivity contribution in [2.24, 2.45) is 0 Å². The number of hydrogen-bond acceptors (Lipinski definition) is 5. The first-order chi connectivity index (χ1) is 9.81. The zero-order chi connectivity index (χ0) is 14.2. The van der Waals surface area contributed by atoms with Gasteiger partial charge in [0.25, 0.3) is 0 Å². The molecular weight excluding hydrogens is 256 g/mol. The molecule has 0 bridgehead atoms. The molecule has 0 aromatic heterocycles. The summed E-state index contributed by atoms with van der Waals surface area (Å²) in [5.74, 6) is -0.264. The Morgan fingerprint density at radius 1 is 1.35 bits per heavy atom. The van der Waals surface area contributed by atoms with Crippen molar-refractivity contribution in [2.75, 3.05) is 13.1 Å². The van der Waals surface area contributed by atoms with Crippen molar-refractivity contribution in [1.82, 2.24) is 10.5 Å². The van der Waals surface area contributed by atoms with E-state index >= 15 is 0 Å². The standard InChI is InChI=1S/C15H22N2O3/c1-2-17-11-7-6-10-14(17)15(18)20-16-19-12-13-8-4-3-5-9-13/h3-5,8-9,14,16H,2,6-7,10-12H2,1H3/t14-/m0/s1. The topological polar surface area (TPSA) is 50.8 Å². The Labute approximate surface area is 119 Å². The van der Waals surface area contributed by atoms with Crippen molar-refractivity contribution < 1.29 is 14.5 Å². The minimum absolute atomic E-state index is 0.151. The van der Waals surface area contributed by atoms with E-state index in [1.165, 1.54) is 0 Å². The number of carbonyl (C=O) groups is 1. The molecule has 1 aliphatic rings. The SMILES string of the molecule is CCN1CCCC[C@H]1C(=O)ONOCc1ccccc1. The van der Waals surface area contributed by atoms with E-state index in [0.717, 1.165) is 37.9 Å². The summed E-state index contributed by atoms with van der Waals surface area (Å²) in [7, 11) is 0. The highest BCUT2D eigenvalue weighted by Crippen LogP contribution is 2.17. The zero-order valence-corrected chi connectivity index (χ0v) is 11.9. The first-order valence-electron chi connectivity index (χ1n) is 7.16. The summed E-state index contributed by atoms with van der Waals surface area (Å²) in [5.41, 5.74) is 3.32. The fourth-order valence-electron chi connectivity index (χ4n) is 2.46. The van der Waals surface area contributed by atoms with Crippen LogP contribution in [0.1, 0.15) is 31.7 Å². The van der Waals surface area contributed by atoms with Crippen LogP contribution in [0.2, 0.25) is 0 Å². The van der Waals surface area contributed by atoms with Gasteiger partial charge in [-0.05, 0) is 37.1 Å². The van der Waals surface area contributed by atoms with Crippen LogP contribution >= 0.6 is 0 Å². The number of likely N-dealkylation sites (N-methyl/N-ethyl adjacent to an activating group) is 1. The third-order valence-electron chi connectivity index (χ3n) is 3.57. The normalized spacial score (nSPS) is 19.8. The Hall–Kier alpha value is -1.43. The number of benzene rings is 1. The second kappa shape index (κ2) is 7.99. The van der Waals surface area contributed by atoms with Crippen molar-refractivity contribution in [3.05, 3.63) is 35.9 Å². The molecular formula is C15H22N2O3. The molecule has 1 saturated heterocycles. The zero-order valence-electron chi connectivity index (χ0n) is 11.9. The lowest BCUT2D eigenvalue weighted by molar-refractivity contribution is -0.201. The lowest BCUT2D eigenvalue weighted by atomic mass is 10.0. The average molecular weight is 278 g/mol. The van der Waals surface area contributed by atoms with Gasteiger partial charge in [-0.25, -0.2) is 4.79 Å². The number of carbonyl (C=O) groups excluding carboxylic acids is 1. The maximum Gasteiger partial charge on any atom is 0.344 e. The minimum Gasteiger partial charge on any atom is -0.343 e. The van der Waals surface area contributed by atoms with Crippen LogP contribution in [0.4, 0.5) is 0 Å². The minimum atomic E-state index is -0.264. The van der Waals surface area contributed by atoms with Gasteiger partial charge < -0.3 is 4.84 Å². The molecule has 1 fully saturated rings. The van der Waals surface area contributed by atoms with Gasteiger partial charge in [0.05, 0.1) is 6.61 Å². The van der Waals surface area contributed by atoms with Crippen molar-refractivity contribution in [2.45, 2.75) is 38.8 Å². The van der Waals surface area contributed by atoms with Crippen LogP contribution in [0.5, 0.6) is 0 Å². The lowest BCUT2D eigenvalue weighted by Gasteiger charge is -2.32. The maximum atomic E-state index is 12.0. The van der Waals surface area contributed by atoms with Crippen molar-refractivity contribution in [1.29, 1.82) is 0 Å². The van der Waals surface area contributed by atoms with Crippen LogP contribution in [0.15, 0.2) is 30.3 Å². The summed E-state index contributed by atoms with van der Waals surface area (Å²) in [6.07, 6.45) is 3.07. The maximum absolute atomic E-state index is 12.0. The third kappa shape index (κ3) is 4.30. The van der Waals surface area contributed by atoms with Crippen LogP contribution < -0.4 is 5.64 Å². The van der Waals surface area contributed by atoms with E-state index in [4.69, 9.17) is 9.68 Å². The van der Waals surface area contributed by atoms with Gasteiger partial charge in [0, 0.05) is 0 Å². The molecule has 0 unspecified atom stereocenters. The summed E-state index contributed by atoms with van der Waals surface area (Å²) < 4.78 is 0. The molecule has 0 spiro atoms. The van der Waals surface area contributed by atoms with Crippen LogP contribution in [0.3, 0.4) is 0 Å². The van der Waals surface area contributed by atoms with Gasteiger partial charge in [-0.3, -0.25) is 9.74 Å². The number of nitrogens with one attached hydrogen (secondary N) is 1. The Kier molecular flexibility index (Phi) is 5.98. The number of rotatable bonds is 6. The van der Waals surface area contributed by atoms with Crippen LogP contribution in [-0.2, 0) is 21.1 Å². The highest BCUT2D eigenvalue weighted by molar-refractivity contribution is 5.75. The van der Waals surface area contributed by atoms with Gasteiger partial charge in [0.2, 0.25) is 0 Å². The lowest BCUT2D eigenvalue weighted by Crippen LogP contribution is -2.46. The molecule has 0 radical (unpaired) electrons. The molecule has 110 valence electrons. The van der Waals surface area contributed by atoms with Crippen LogP contribution in [0.25, 0.3) is 0 Å². The molecule has 1 atom stereocenters. The highest BCUT2D eigenvalue weighted by atomic mass is 16.9. The van der Waals surface area contributed by atoms with E-state index in [1.807, 2.05) is 30.3 Å². The summed E-state index contributed by atoms with van der Waals surface area (Å²) in [4.78, 5) is 24.2. The molecule has 1 aliphatic heterocycles. The predicted molar refractivity (Wildman–Crippen MR) is 75.3 cm³/mol. The van der Waals surface area contributed by atoms with Crippen LogP contribution in [0, 0.1) is 0 Å². The molecule has 1 N–H and O–H groups in total. The molecule has 5 nitrogen and oxygen atoms in total. The molecule has 20 heavy (non-hydrogen) atoms. The molecule has 2 rings (SSSR count). The summed E-state index contributed by atoms with van der Waals surface area (Å²) >= 11 is 0. The molecule has 0 saturated carbocycles. The summed E-state index contributed by atoms with van der Waals surface area (Å²) in [6, 6.07) is 9.56. The average Bonchev–Trinajstić information content (AvgIpc) is 2.52. The van der Waals surface area contributed by atoms with Gasteiger partial charge >= 0.3 is 5.97 Å². The van der Waals surface area contributed by atoms with E-state index in [-0.39, 0.29) is 12.0 Å². The Morgan fingerprint density at radius 3 is 2.90 bits per heavy atom. The third-order valence-corrected chi connectivity index (χ3v) is 3.57. The second-order valence-electron chi connectivity index (χ2n) is 4.92. The van der Waals surface area contributed by atoms with E-state index in [1.54, 1.807) is 0 Å². The number of hydrogen-bond donors (Lipinski definition) is 1. The van der Waals surface area contributed by atoms with Crippen molar-refractivity contribution in [3.8, 4) is 0 Å². The number of likely N-dealkylation sites (tertiary alicyclic amines) is 1. The van der Waals surface area contributed by atoms with Crippen molar-refractivity contribution >= 4 is 5.97 Å². The fourth-order valence-corrected chi connectivity index (χ4v) is 2.46. The van der Waals surface area contributed by atoms with Gasteiger partial charge in [0.15, 0.2) is 0 Å². The van der Waals surface area contributed by atoms with Crippen molar-refractivity contribution in [3.63, 3.8) is 0 Å². The molecule has 1 aromatic carbocycles. The van der Waals surface area contributed by atoms with Gasteiger partial charge in [0.1, 0.15) is 6.04 Å². The monoisotopic (exact) mass is 278 g/mol. The molecule has 1 aromatic rings. The molecule has 5 heteroatoms. The second-order valence-corrected chi connectivity index (χ2v) is 4.92. The summed E-state index contributed by atoms with van der Waals surface area (Å²) in [6.45, 7) is 4.24. The molecule has 0 amide bonds.